The number of unbranched alkanes of at least 4 members (excludes halogenated alkanes) is 1. The average Bonchev–Trinajstić information content (AvgIpc) is 3.31. The van der Waals surface area contributed by atoms with Gasteiger partial charge in [-0.05, 0) is 36.3 Å². The van der Waals surface area contributed by atoms with E-state index in [1.807, 2.05) is 16.7 Å². The number of aryl methyl sites for hydroxylation is 1. The van der Waals surface area contributed by atoms with E-state index in [1.54, 1.807) is 48.7 Å². The van der Waals surface area contributed by atoms with E-state index in [9.17, 15) is 19.5 Å². The van der Waals surface area contributed by atoms with Crippen LogP contribution in [-0.4, -0.2) is 44.2 Å². The number of aliphatic carboxylic acids is 1. The van der Waals surface area contributed by atoms with Gasteiger partial charge in [-0.3, -0.25) is 14.5 Å². The molecule has 0 atom stereocenters. The van der Waals surface area contributed by atoms with Gasteiger partial charge in [-0.25, -0.2) is 9.78 Å². The van der Waals surface area contributed by atoms with E-state index in [-0.39, 0.29) is 11.5 Å². The Labute approximate surface area is 196 Å². The summed E-state index contributed by atoms with van der Waals surface area (Å²) in [6.45, 7) is 2.16. The number of fused-ring (bicyclic) bond motifs is 1. The quantitative estimate of drug-likeness (QED) is 0.469. The Balaban J connectivity index is 1.74. The summed E-state index contributed by atoms with van der Waals surface area (Å²) in [5, 5.41) is 18.4. The van der Waals surface area contributed by atoms with Gasteiger partial charge in [0.05, 0.1) is 28.7 Å². The van der Waals surface area contributed by atoms with Gasteiger partial charge in [-0.1, -0.05) is 43.7 Å². The van der Waals surface area contributed by atoms with Crippen LogP contribution in [0.4, 0.5) is 5.69 Å². The number of carboxylic acids is 2. The molecule has 4 rings (SSSR count). The molecule has 8 heteroatoms. The highest BCUT2D eigenvalue weighted by Crippen LogP contribution is 2.37. The molecule has 2 N–H and O–H groups in total. The van der Waals surface area contributed by atoms with E-state index in [2.05, 4.69) is 11.9 Å². The highest BCUT2D eigenvalue weighted by atomic mass is 16.4. The van der Waals surface area contributed by atoms with E-state index >= 15 is 0 Å². The summed E-state index contributed by atoms with van der Waals surface area (Å²) in [7, 11) is 0. The van der Waals surface area contributed by atoms with Gasteiger partial charge in [-0.2, -0.15) is 0 Å². The highest BCUT2D eigenvalue weighted by Gasteiger charge is 2.33. The van der Waals surface area contributed by atoms with Gasteiger partial charge in [0, 0.05) is 18.5 Å². The first-order valence-corrected chi connectivity index (χ1v) is 11.1. The molecule has 0 fully saturated rings. The van der Waals surface area contributed by atoms with Crippen molar-refractivity contribution in [3.63, 3.8) is 0 Å². The molecule has 174 valence electrons. The Bertz CT molecular complexity index is 1270. The molecule has 8 nitrogen and oxygen atoms in total. The van der Waals surface area contributed by atoms with Gasteiger partial charge in [-0.15, -0.1) is 0 Å². The molecule has 0 saturated carbocycles. The number of carbonyl (C=O) groups excluding carboxylic acids is 1. The van der Waals surface area contributed by atoms with E-state index < -0.39 is 18.5 Å². The van der Waals surface area contributed by atoms with Crippen LogP contribution in [0.25, 0.3) is 11.6 Å². The molecular formula is C26H25N3O5. The van der Waals surface area contributed by atoms with Crippen LogP contribution < -0.4 is 4.90 Å². The summed E-state index contributed by atoms with van der Waals surface area (Å²) in [5.41, 5.74) is 3.52. The zero-order valence-electron chi connectivity index (χ0n) is 18.8. The maximum Gasteiger partial charge on any atom is 0.335 e. The van der Waals surface area contributed by atoms with E-state index in [0.29, 0.717) is 23.4 Å². The summed E-state index contributed by atoms with van der Waals surface area (Å²) in [6, 6.07) is 13.8. The van der Waals surface area contributed by atoms with E-state index in [0.717, 1.165) is 36.3 Å². The fraction of sp³-hybridized carbons (Fsp3) is 0.231. The van der Waals surface area contributed by atoms with Crippen molar-refractivity contribution in [1.82, 2.24) is 9.55 Å². The van der Waals surface area contributed by atoms with Crippen molar-refractivity contribution in [2.75, 3.05) is 11.4 Å². The number of amides is 1. The second kappa shape index (κ2) is 9.74. The number of anilines is 1. The lowest BCUT2D eigenvalue weighted by Gasteiger charge is -2.13. The average molecular weight is 460 g/mol. The topological polar surface area (TPSA) is 113 Å². The summed E-state index contributed by atoms with van der Waals surface area (Å²) in [5.74, 6) is -1.55. The van der Waals surface area contributed by atoms with Crippen LogP contribution >= 0.6 is 0 Å². The van der Waals surface area contributed by atoms with Crippen molar-refractivity contribution in [3.05, 3.63) is 82.9 Å². The SMILES string of the molecule is CCCCc1ncc(/C=C2\C(=O)N(CC(=O)O)c3ccccc32)n1Cc1ccc(C(=O)O)cc1. The minimum absolute atomic E-state index is 0.217. The normalized spacial score (nSPS) is 14.0. The largest absolute Gasteiger partial charge is 0.480 e. The molecule has 0 aliphatic carbocycles. The lowest BCUT2D eigenvalue weighted by molar-refractivity contribution is -0.136. The first-order valence-electron chi connectivity index (χ1n) is 11.1. The third-order valence-electron chi connectivity index (χ3n) is 5.81. The monoisotopic (exact) mass is 459 g/mol. The molecule has 0 radical (unpaired) electrons. The molecule has 2 aromatic carbocycles. The van der Waals surface area contributed by atoms with Crippen molar-refractivity contribution < 1.29 is 24.6 Å². The number of carbonyl (C=O) groups is 3. The van der Waals surface area contributed by atoms with Crippen LogP contribution in [0.3, 0.4) is 0 Å². The second-order valence-electron chi connectivity index (χ2n) is 8.15. The van der Waals surface area contributed by atoms with Crippen LogP contribution in [0.2, 0.25) is 0 Å². The predicted molar refractivity (Wildman–Crippen MR) is 128 cm³/mol. The van der Waals surface area contributed by atoms with Crippen LogP contribution in [0, 0.1) is 0 Å². The van der Waals surface area contributed by atoms with E-state index in [1.165, 1.54) is 4.90 Å². The number of aromatic carboxylic acids is 1. The Kier molecular flexibility index (Phi) is 6.58. The second-order valence-corrected chi connectivity index (χ2v) is 8.15. The van der Waals surface area contributed by atoms with Gasteiger partial charge >= 0.3 is 11.9 Å². The summed E-state index contributed by atoms with van der Waals surface area (Å²) in [6.07, 6.45) is 6.21. The summed E-state index contributed by atoms with van der Waals surface area (Å²) < 4.78 is 2.02. The smallest absolute Gasteiger partial charge is 0.335 e. The van der Waals surface area contributed by atoms with Gasteiger partial charge in [0.25, 0.3) is 5.91 Å². The molecule has 1 amide bonds. The lowest BCUT2D eigenvalue weighted by atomic mass is 10.1. The minimum Gasteiger partial charge on any atom is -0.480 e. The molecule has 1 aromatic heterocycles. The number of benzene rings is 2. The number of hydrogen-bond acceptors (Lipinski definition) is 4. The lowest BCUT2D eigenvalue weighted by Crippen LogP contribution is -2.32. The van der Waals surface area contributed by atoms with Crippen molar-refractivity contribution in [3.8, 4) is 0 Å². The zero-order valence-corrected chi connectivity index (χ0v) is 18.8. The molecule has 1 aliphatic rings. The fourth-order valence-electron chi connectivity index (χ4n) is 4.08. The number of carboxylic acid groups (broad SMARTS) is 2. The molecule has 0 saturated heterocycles. The van der Waals surface area contributed by atoms with Gasteiger partial charge in [0.2, 0.25) is 0 Å². The van der Waals surface area contributed by atoms with Crippen LogP contribution in [0.5, 0.6) is 0 Å². The maximum absolute atomic E-state index is 13.2. The molecule has 1 aliphatic heterocycles. The molecule has 0 bridgehead atoms. The number of hydrogen-bond donors (Lipinski definition) is 2. The minimum atomic E-state index is -1.08. The van der Waals surface area contributed by atoms with Crippen molar-refractivity contribution in [2.24, 2.45) is 0 Å². The number of para-hydroxylation sites is 1. The summed E-state index contributed by atoms with van der Waals surface area (Å²) >= 11 is 0. The third-order valence-corrected chi connectivity index (χ3v) is 5.81. The molecule has 34 heavy (non-hydrogen) atoms. The van der Waals surface area contributed by atoms with Gasteiger partial charge in [0.1, 0.15) is 12.4 Å². The Morgan fingerprint density at radius 3 is 2.47 bits per heavy atom. The first kappa shape index (κ1) is 23.0. The van der Waals surface area contributed by atoms with Crippen LogP contribution in [-0.2, 0) is 22.6 Å². The molecule has 2 heterocycles. The fourth-order valence-corrected chi connectivity index (χ4v) is 4.08. The first-order chi connectivity index (χ1) is 16.4. The maximum atomic E-state index is 13.2. The zero-order chi connectivity index (χ0) is 24.2. The molecule has 0 unspecified atom stereocenters. The van der Waals surface area contributed by atoms with Gasteiger partial charge < -0.3 is 14.8 Å². The van der Waals surface area contributed by atoms with Gasteiger partial charge in [0.15, 0.2) is 0 Å². The van der Waals surface area contributed by atoms with Crippen molar-refractivity contribution in [2.45, 2.75) is 32.7 Å². The Morgan fingerprint density at radius 2 is 1.79 bits per heavy atom. The highest BCUT2D eigenvalue weighted by molar-refractivity contribution is 6.36. The number of rotatable bonds is 9. The molecule has 0 spiro atoms. The standard InChI is InChI=1S/C26H25N3O5/c1-2-3-8-23-27-14-19(28(23)15-17-9-11-18(12-10-17)26(33)34)13-21-20-6-4-5-7-22(20)29(25(21)32)16-24(30)31/h4-7,9-14H,2-3,8,15-16H2,1H3,(H,30,31)(H,33,34)/b21-13-. The van der Waals surface area contributed by atoms with Crippen LogP contribution in [0.15, 0.2) is 54.7 Å². The van der Waals surface area contributed by atoms with Crippen molar-refractivity contribution in [1.29, 1.82) is 0 Å². The number of aromatic nitrogens is 2. The molecular weight excluding hydrogens is 434 g/mol. The molecule has 3 aromatic rings. The van der Waals surface area contributed by atoms with Crippen molar-refractivity contribution >= 4 is 35.2 Å². The Hall–Kier alpha value is -4.20. The number of nitrogens with zero attached hydrogens (tertiary/aromatic N) is 3. The number of imidazole rings is 1. The van der Waals surface area contributed by atoms with E-state index in [4.69, 9.17) is 5.11 Å². The van der Waals surface area contributed by atoms with Crippen LogP contribution in [0.1, 0.15) is 52.8 Å². The third kappa shape index (κ3) is 4.61. The predicted octanol–water partition coefficient (Wildman–Crippen LogP) is 3.94. The Morgan fingerprint density at radius 1 is 1.06 bits per heavy atom. The summed E-state index contributed by atoms with van der Waals surface area (Å²) in [4.78, 5) is 41.5.